The van der Waals surface area contributed by atoms with Crippen LogP contribution in [0, 0.1) is 0 Å². The number of thiazole rings is 1. The number of esters is 1. The quantitative estimate of drug-likeness (QED) is 0.612. The maximum absolute atomic E-state index is 11.2. The van der Waals surface area contributed by atoms with Gasteiger partial charge in [0.1, 0.15) is 18.5 Å². The highest BCUT2D eigenvalue weighted by atomic mass is 32.1. The van der Waals surface area contributed by atoms with Gasteiger partial charge in [0.15, 0.2) is 11.0 Å². The van der Waals surface area contributed by atoms with Gasteiger partial charge in [-0.3, -0.25) is 4.79 Å². The fourth-order valence-corrected chi connectivity index (χ4v) is 4.45. The van der Waals surface area contributed by atoms with Crippen LogP contribution >= 0.6 is 11.3 Å². The third kappa shape index (κ3) is 4.15. The van der Waals surface area contributed by atoms with Gasteiger partial charge in [0.25, 0.3) is 0 Å². The molecule has 152 valence electrons. The predicted octanol–water partition coefficient (Wildman–Crippen LogP) is 3.34. The lowest BCUT2D eigenvalue weighted by Crippen LogP contribution is -2.28. The first-order chi connectivity index (χ1) is 14.0. The number of nitrogen functional groups attached to an aromatic ring is 1. The number of ether oxygens (including phenoxy) is 3. The number of hydrogen-bond donors (Lipinski definition) is 1. The van der Waals surface area contributed by atoms with Crippen molar-refractivity contribution in [2.45, 2.75) is 45.0 Å². The van der Waals surface area contributed by atoms with E-state index in [1.54, 1.807) is 19.5 Å². The zero-order chi connectivity index (χ0) is 20.4. The number of carbonyl (C=O) groups is 1. The Hall–Kier alpha value is -2.78. The van der Waals surface area contributed by atoms with Crippen molar-refractivity contribution in [3.8, 4) is 16.9 Å². The predicted molar refractivity (Wildman–Crippen MR) is 110 cm³/mol. The minimum atomic E-state index is -0.278. The topological polar surface area (TPSA) is 109 Å². The molecule has 1 aliphatic rings. The summed E-state index contributed by atoms with van der Waals surface area (Å²) in [6.45, 7) is 1.69. The van der Waals surface area contributed by atoms with Crippen molar-refractivity contribution in [1.82, 2.24) is 15.0 Å². The molecule has 2 heterocycles. The lowest BCUT2D eigenvalue weighted by atomic mass is 10.1. The molecule has 2 N–H and O–H groups in total. The van der Waals surface area contributed by atoms with Gasteiger partial charge >= 0.3 is 5.97 Å². The first-order valence-electron chi connectivity index (χ1n) is 9.38. The van der Waals surface area contributed by atoms with Gasteiger partial charge in [0.05, 0.1) is 23.4 Å². The Morgan fingerprint density at radius 3 is 2.72 bits per heavy atom. The number of methoxy groups -OCH3 is 1. The minimum Gasteiger partial charge on any atom is -0.495 e. The van der Waals surface area contributed by atoms with E-state index < -0.39 is 0 Å². The number of hydrogen-bond acceptors (Lipinski definition) is 9. The van der Waals surface area contributed by atoms with Crippen molar-refractivity contribution in [3.05, 3.63) is 30.4 Å². The van der Waals surface area contributed by atoms with Crippen LogP contribution < -0.4 is 10.5 Å². The summed E-state index contributed by atoms with van der Waals surface area (Å²) in [6.07, 6.45) is 5.87. The molecule has 0 saturated heterocycles. The average molecular weight is 414 g/mol. The smallest absolute Gasteiger partial charge is 0.302 e. The molecule has 1 aliphatic carbocycles. The van der Waals surface area contributed by atoms with E-state index in [9.17, 15) is 4.79 Å². The van der Waals surface area contributed by atoms with Crippen LogP contribution in [0.15, 0.2) is 24.5 Å². The van der Waals surface area contributed by atoms with Gasteiger partial charge in [-0.15, -0.1) is 0 Å². The average Bonchev–Trinajstić information content (AvgIpc) is 3.30. The lowest BCUT2D eigenvalue weighted by Gasteiger charge is -2.19. The molecule has 0 aliphatic heterocycles. The van der Waals surface area contributed by atoms with Crippen LogP contribution in [0.3, 0.4) is 0 Å². The second kappa shape index (κ2) is 8.30. The standard InChI is InChI=1S/C20H22N4O4S/c1-11(25)28-16-5-3-4-15(16)27-10-17-22-8-12(9-23-17)13-6-7-14-19(18(13)26-2)29-20(21)24-14/h6-9,15-16H,3-5,10H2,1-2H3,(H2,21,24). The first kappa shape index (κ1) is 19.5. The summed E-state index contributed by atoms with van der Waals surface area (Å²) >= 11 is 1.39. The van der Waals surface area contributed by atoms with Crippen molar-refractivity contribution in [2.24, 2.45) is 0 Å². The highest BCUT2D eigenvalue weighted by molar-refractivity contribution is 7.22. The molecular formula is C20H22N4O4S. The van der Waals surface area contributed by atoms with E-state index in [0.717, 1.165) is 40.6 Å². The molecule has 0 bridgehead atoms. The van der Waals surface area contributed by atoms with E-state index in [0.29, 0.717) is 16.7 Å². The molecule has 2 unspecified atom stereocenters. The maximum Gasteiger partial charge on any atom is 0.302 e. The van der Waals surface area contributed by atoms with E-state index in [1.807, 2.05) is 12.1 Å². The Morgan fingerprint density at radius 2 is 2.00 bits per heavy atom. The largest absolute Gasteiger partial charge is 0.495 e. The normalized spacial score (nSPS) is 18.8. The van der Waals surface area contributed by atoms with Gasteiger partial charge in [-0.05, 0) is 31.4 Å². The molecule has 29 heavy (non-hydrogen) atoms. The fourth-order valence-electron chi connectivity index (χ4n) is 3.60. The molecule has 4 rings (SSSR count). The van der Waals surface area contributed by atoms with Crippen molar-refractivity contribution >= 4 is 32.7 Å². The minimum absolute atomic E-state index is 0.110. The molecule has 0 radical (unpaired) electrons. The zero-order valence-electron chi connectivity index (χ0n) is 16.3. The number of rotatable bonds is 6. The lowest BCUT2D eigenvalue weighted by molar-refractivity contribution is -0.153. The van der Waals surface area contributed by atoms with Crippen LogP contribution in [0.4, 0.5) is 5.13 Å². The van der Waals surface area contributed by atoms with Crippen LogP contribution in [0.5, 0.6) is 5.75 Å². The molecule has 9 heteroatoms. The second-order valence-electron chi connectivity index (χ2n) is 6.86. The molecule has 1 fully saturated rings. The number of fused-ring (bicyclic) bond motifs is 1. The van der Waals surface area contributed by atoms with Gasteiger partial charge in [-0.2, -0.15) is 0 Å². The summed E-state index contributed by atoms with van der Waals surface area (Å²) in [5.74, 6) is 1.00. The van der Waals surface area contributed by atoms with E-state index in [1.165, 1.54) is 18.3 Å². The highest BCUT2D eigenvalue weighted by Crippen LogP contribution is 2.39. The summed E-state index contributed by atoms with van der Waals surface area (Å²) < 4.78 is 17.7. The van der Waals surface area contributed by atoms with Crippen LogP contribution in [0.2, 0.25) is 0 Å². The molecule has 0 spiro atoms. The van der Waals surface area contributed by atoms with E-state index >= 15 is 0 Å². The molecule has 0 amide bonds. The maximum atomic E-state index is 11.2. The number of anilines is 1. The van der Waals surface area contributed by atoms with Crippen LogP contribution in [0.25, 0.3) is 21.3 Å². The number of benzene rings is 1. The van der Waals surface area contributed by atoms with Crippen molar-refractivity contribution in [2.75, 3.05) is 12.8 Å². The summed E-state index contributed by atoms with van der Waals surface area (Å²) in [6, 6.07) is 3.84. The van der Waals surface area contributed by atoms with Crippen molar-refractivity contribution in [3.63, 3.8) is 0 Å². The van der Waals surface area contributed by atoms with Gasteiger partial charge in [0.2, 0.25) is 0 Å². The van der Waals surface area contributed by atoms with E-state index in [4.69, 9.17) is 19.9 Å². The van der Waals surface area contributed by atoms with Crippen molar-refractivity contribution < 1.29 is 19.0 Å². The summed E-state index contributed by atoms with van der Waals surface area (Å²) in [4.78, 5) is 24.4. The zero-order valence-corrected chi connectivity index (χ0v) is 17.1. The Bertz CT molecular complexity index is 1020. The van der Waals surface area contributed by atoms with Crippen LogP contribution in [-0.4, -0.2) is 40.2 Å². The van der Waals surface area contributed by atoms with Gasteiger partial charge in [-0.25, -0.2) is 15.0 Å². The molecule has 2 atom stereocenters. The van der Waals surface area contributed by atoms with E-state index in [2.05, 4.69) is 15.0 Å². The Balaban J connectivity index is 1.48. The number of aromatic nitrogens is 3. The Kier molecular flexibility index (Phi) is 5.59. The molecular weight excluding hydrogens is 392 g/mol. The fraction of sp³-hybridized carbons (Fsp3) is 0.400. The third-order valence-electron chi connectivity index (χ3n) is 4.88. The van der Waals surface area contributed by atoms with Crippen LogP contribution in [-0.2, 0) is 20.9 Å². The Morgan fingerprint density at radius 1 is 1.24 bits per heavy atom. The van der Waals surface area contributed by atoms with Crippen LogP contribution in [0.1, 0.15) is 32.0 Å². The molecule has 3 aromatic rings. The van der Waals surface area contributed by atoms with Crippen molar-refractivity contribution in [1.29, 1.82) is 0 Å². The number of carbonyl (C=O) groups excluding carboxylic acids is 1. The number of nitrogens with two attached hydrogens (primary N) is 1. The first-order valence-corrected chi connectivity index (χ1v) is 10.2. The summed E-state index contributed by atoms with van der Waals surface area (Å²) in [7, 11) is 1.62. The van der Waals surface area contributed by atoms with E-state index in [-0.39, 0.29) is 24.8 Å². The van der Waals surface area contributed by atoms with Gasteiger partial charge < -0.3 is 19.9 Å². The molecule has 1 aromatic carbocycles. The monoisotopic (exact) mass is 414 g/mol. The second-order valence-corrected chi connectivity index (χ2v) is 7.89. The summed E-state index contributed by atoms with van der Waals surface area (Å²) in [5.41, 5.74) is 8.34. The molecule has 2 aromatic heterocycles. The molecule has 1 saturated carbocycles. The third-order valence-corrected chi connectivity index (χ3v) is 5.78. The number of nitrogens with zero attached hydrogens (tertiary/aromatic N) is 3. The summed E-state index contributed by atoms with van der Waals surface area (Å²) in [5, 5.41) is 0.498. The highest BCUT2D eigenvalue weighted by Gasteiger charge is 2.30. The van der Waals surface area contributed by atoms with Gasteiger partial charge in [-0.1, -0.05) is 11.3 Å². The SMILES string of the molecule is COc1c(-c2cnc(COC3CCCC3OC(C)=O)nc2)ccc2nc(N)sc12. The molecule has 8 nitrogen and oxygen atoms in total. The van der Waals surface area contributed by atoms with Gasteiger partial charge in [0, 0.05) is 30.4 Å². The Labute approximate surface area is 172 Å².